The maximum Gasteiger partial charge on any atom is 0.199 e. The third kappa shape index (κ3) is 51.7. The second-order valence-corrected chi connectivity index (χ2v) is 52.2. The van der Waals surface area contributed by atoms with Crippen LogP contribution in [-0.4, -0.2) is 64.5 Å². The molecule has 0 radical (unpaired) electrons. The molecule has 0 amide bonds. The van der Waals surface area contributed by atoms with Crippen molar-refractivity contribution < 1.29 is 13.3 Å². The summed E-state index contributed by atoms with van der Waals surface area (Å²) in [4.78, 5) is 37.7. The largest absolute Gasteiger partial charge is 0.472 e. The van der Waals surface area contributed by atoms with E-state index in [-0.39, 0.29) is 54.1 Å². The molecule has 0 aromatic carbocycles. The molecule has 22 heteroatoms. The molecule has 0 N–H and O–H groups in total. The van der Waals surface area contributed by atoms with Gasteiger partial charge in [0.25, 0.3) is 0 Å². The summed E-state index contributed by atoms with van der Waals surface area (Å²) in [5, 5.41) is 22.6. The molecule has 0 fully saturated rings. The lowest BCUT2D eigenvalue weighted by molar-refractivity contribution is 0.392. The van der Waals surface area contributed by atoms with Crippen LogP contribution >= 0.6 is 102 Å². The number of thiophene rings is 4. The van der Waals surface area contributed by atoms with Gasteiger partial charge < -0.3 is 13.3 Å². The summed E-state index contributed by atoms with van der Waals surface area (Å²) in [5.74, 6) is 2.81. The first kappa shape index (κ1) is 117. The van der Waals surface area contributed by atoms with Gasteiger partial charge in [0.15, 0.2) is 5.89 Å². The standard InChI is InChI=1S/C8H13N.2C8H12O.4C8H12S.C7H12N2.C7H11NO.4C7H11NS.C6H10N2S/c1-8(2,3)7-5-4-6-9-7;1-8(2,3)7-4-5-9-6-7;1-8(2,3)7-5-4-6-9-7;2*1-8(2,3)7-4-5-9-6-7;2*1-8(2,3)7-5-4-6-9-7;2*1-7(2,3)6-8-4-5-9-6;1-7(2,3)6-4-9-5-8-6;2*1-7(2,3)6-8-4-5-9-6;1-7(2,3)6-4-5-8-9-6;1-6(2,3)5-7-4-8-9-5/h4-5H,6H2,1-3H3;6*4-6H,1-3H3;4H,5H2,1-3H3;5*4-5H,1-3H3;4H,1-3H3. The summed E-state index contributed by atoms with van der Waals surface area (Å²) in [6, 6.07) is 20.9. The third-order valence-electron chi connectivity index (χ3n) is 17.2. The lowest BCUT2D eigenvalue weighted by Gasteiger charge is -2.16. The summed E-state index contributed by atoms with van der Waals surface area (Å²) in [6.07, 6.45) is 21.7. The Morgan fingerprint density at radius 2 is 0.817 bits per heavy atom. The van der Waals surface area contributed by atoms with Crippen LogP contribution in [0.3, 0.4) is 0 Å². The number of nitrogens with zero attached hydrogens (tertiary/aromatic N) is 10. The first-order valence-corrected chi connectivity index (χ1v) is 51.1. The number of furan rings is 2. The Morgan fingerprint density at radius 1 is 0.317 bits per heavy atom. The van der Waals surface area contributed by atoms with E-state index in [2.05, 4.69) is 432 Å². The molecular weight excluding hydrogens is 1730 g/mol. The van der Waals surface area contributed by atoms with E-state index in [4.69, 9.17) is 13.3 Å². The number of amidine groups is 1. The number of allylic oxidation sites excluding steroid dienone is 1. The Kier molecular flexibility index (Phi) is 49.4. The molecule has 0 spiro atoms. The highest BCUT2D eigenvalue weighted by atomic mass is 32.1. The molecule has 2 aliphatic heterocycles. The molecule has 2 aliphatic rings. The zero-order chi connectivity index (χ0) is 96.7. The molecule has 0 aliphatic carbocycles. The smallest absolute Gasteiger partial charge is 0.199 e. The fraction of sp³-hybridized carbons (Fsp3) is 0.558. The number of hydrogen-bond acceptors (Lipinski definition) is 22. The predicted molar refractivity (Wildman–Crippen MR) is 565 cm³/mol. The molecule has 0 saturated heterocycles. The van der Waals surface area contributed by atoms with Gasteiger partial charge in [-0.25, -0.2) is 34.3 Å². The quantitative estimate of drug-likeness (QED) is 0.143. The Bertz CT molecular complexity index is 3710. The number of thiazole rings is 3. The molecule has 12 aromatic heterocycles. The summed E-state index contributed by atoms with van der Waals surface area (Å²) in [6.45, 7) is 93.0. The van der Waals surface area contributed by atoms with Crippen LogP contribution in [0, 0.1) is 10.8 Å². The van der Waals surface area contributed by atoms with Gasteiger partial charge in [0.05, 0.1) is 59.3 Å². The van der Waals surface area contributed by atoms with E-state index in [1.54, 1.807) is 106 Å². The van der Waals surface area contributed by atoms with Gasteiger partial charge in [-0.3, -0.25) is 9.98 Å². The minimum atomic E-state index is 0.0451. The lowest BCUT2D eigenvalue weighted by Crippen LogP contribution is -2.16. The Morgan fingerprint density at radius 3 is 0.992 bits per heavy atom. The van der Waals surface area contributed by atoms with Crippen LogP contribution in [0.2, 0.25) is 0 Å². The molecule has 14 rings (SSSR count). The summed E-state index contributed by atoms with van der Waals surface area (Å²) >= 11 is 15.3. The molecule has 700 valence electrons. The minimum absolute atomic E-state index is 0.0451. The van der Waals surface area contributed by atoms with Crippen molar-refractivity contribution in [2.24, 2.45) is 25.8 Å². The second-order valence-electron chi connectivity index (χ2n) is 44.6. The van der Waals surface area contributed by atoms with E-state index in [0.29, 0.717) is 21.7 Å². The summed E-state index contributed by atoms with van der Waals surface area (Å²) < 4.78 is 23.2. The van der Waals surface area contributed by atoms with Gasteiger partial charge in [0.2, 0.25) is 0 Å². The van der Waals surface area contributed by atoms with Crippen molar-refractivity contribution in [1.29, 1.82) is 0 Å². The van der Waals surface area contributed by atoms with Gasteiger partial charge in [0, 0.05) is 105 Å². The van der Waals surface area contributed by atoms with Crippen molar-refractivity contribution in [1.82, 2.24) is 33.7 Å². The van der Waals surface area contributed by atoms with E-state index in [0.717, 1.165) is 35.6 Å². The number of aromatic nitrogens is 7. The normalized spacial score (nSPS) is 12.8. The number of aliphatic imine (C=N–C) groups is 3. The van der Waals surface area contributed by atoms with Crippen molar-refractivity contribution in [3.05, 3.63) is 247 Å². The first-order valence-electron chi connectivity index (χ1n) is 43.2. The van der Waals surface area contributed by atoms with Crippen LogP contribution in [-0.2, 0) is 65.0 Å². The minimum Gasteiger partial charge on any atom is -0.472 e. The Labute approximate surface area is 801 Å². The van der Waals surface area contributed by atoms with E-state index in [1.165, 1.54) is 64.3 Å². The Hall–Kier alpha value is -6.60. The molecule has 0 atom stereocenters. The zero-order valence-electron chi connectivity index (χ0n) is 85.3. The molecule has 12 aromatic rings. The van der Waals surface area contributed by atoms with Crippen molar-refractivity contribution >= 4 is 120 Å². The average molecular weight is 1890 g/mol. The number of hydrogen-bond donors (Lipinski definition) is 0. The average Bonchev–Trinajstić information content (AvgIpc) is 1.87. The topological polar surface area (TPSA) is 167 Å². The van der Waals surface area contributed by atoms with Crippen LogP contribution < -0.4 is 0 Å². The predicted octanol–water partition coefficient (Wildman–Crippen LogP) is 34.5. The molecule has 13 nitrogen and oxygen atoms in total. The summed E-state index contributed by atoms with van der Waals surface area (Å²) in [5.41, 5.74) is 11.7. The zero-order valence-corrected chi connectivity index (χ0v) is 92.6. The fourth-order valence-electron chi connectivity index (χ4n) is 9.24. The highest BCUT2D eigenvalue weighted by Crippen LogP contribution is 2.32. The molecule has 0 unspecified atom stereocenters. The van der Waals surface area contributed by atoms with Crippen molar-refractivity contribution in [3.8, 4) is 0 Å². The number of rotatable bonds is 0. The van der Waals surface area contributed by atoms with Gasteiger partial charge in [0.1, 0.15) is 29.2 Å². The van der Waals surface area contributed by atoms with Gasteiger partial charge in [-0.05, 0) is 159 Å². The monoisotopic (exact) mass is 1890 g/mol. The lowest BCUT2D eigenvalue weighted by atomic mass is 9.89. The molecule has 126 heavy (non-hydrogen) atoms. The van der Waals surface area contributed by atoms with Crippen LogP contribution in [0.4, 0.5) is 0 Å². The van der Waals surface area contributed by atoms with Crippen molar-refractivity contribution in [2.75, 3.05) is 13.1 Å². The van der Waals surface area contributed by atoms with Gasteiger partial charge >= 0.3 is 0 Å². The maximum absolute atomic E-state index is 5.20. The number of oxazole rings is 1. The first-order chi connectivity index (χ1) is 57.5. The van der Waals surface area contributed by atoms with Crippen molar-refractivity contribution in [2.45, 2.75) is 356 Å². The highest BCUT2D eigenvalue weighted by molar-refractivity contribution is 7.11. The highest BCUT2D eigenvalue weighted by Gasteiger charge is 2.24. The van der Waals surface area contributed by atoms with E-state index in [1.807, 2.05) is 81.9 Å². The summed E-state index contributed by atoms with van der Waals surface area (Å²) in [7, 11) is 0. The van der Waals surface area contributed by atoms with Gasteiger partial charge in [-0.1, -0.05) is 309 Å². The molecule has 0 bridgehead atoms. The second kappa shape index (κ2) is 53.0. The van der Waals surface area contributed by atoms with Crippen LogP contribution in [0.1, 0.15) is 354 Å². The molecule has 14 heterocycles. The Balaban J connectivity index is 0.000000678. The maximum atomic E-state index is 5.20. The van der Waals surface area contributed by atoms with Crippen LogP contribution in [0.15, 0.2) is 211 Å². The molecular formula is C104H162N10O3S9. The SMILES string of the molecule is CC(C)(C)C1=NCC=C1.CC(C)(C)C1=NCC=N1.CC(C)(C)c1ccco1.CC(C)(C)c1cccs1.CC(C)(C)c1cccs1.CC(C)(C)c1ccns1.CC(C)(C)c1ccoc1.CC(C)(C)c1ccsc1.CC(C)(C)c1ccsc1.CC(C)(C)c1cscn1.CC(C)(C)c1ncco1.CC(C)(C)c1nccs1.CC(C)(C)c1nccs1.CC(C)(C)c1ncns1. The van der Waals surface area contributed by atoms with E-state index < -0.39 is 0 Å². The van der Waals surface area contributed by atoms with Crippen LogP contribution in [0.5, 0.6) is 0 Å². The van der Waals surface area contributed by atoms with Gasteiger partial charge in [-0.2, -0.15) is 27.0 Å². The fourth-order valence-corrected chi connectivity index (χ4v) is 16.1. The van der Waals surface area contributed by atoms with E-state index in [9.17, 15) is 0 Å². The van der Waals surface area contributed by atoms with Gasteiger partial charge in [-0.15, -0.1) is 56.7 Å². The van der Waals surface area contributed by atoms with E-state index >= 15 is 0 Å². The molecule has 0 saturated carbocycles. The third-order valence-corrected chi connectivity index (χ3v) is 26.4. The van der Waals surface area contributed by atoms with Crippen LogP contribution in [0.25, 0.3) is 0 Å². The van der Waals surface area contributed by atoms with Crippen molar-refractivity contribution in [3.63, 3.8) is 0 Å².